The van der Waals surface area contributed by atoms with E-state index >= 15 is 0 Å². The molecule has 1 amide bonds. The summed E-state index contributed by atoms with van der Waals surface area (Å²) in [5, 5.41) is 4.55. The van der Waals surface area contributed by atoms with Crippen molar-refractivity contribution < 1.29 is 9.53 Å². The Morgan fingerprint density at radius 3 is 2.81 bits per heavy atom. The van der Waals surface area contributed by atoms with Crippen molar-refractivity contribution in [1.82, 2.24) is 19.7 Å². The summed E-state index contributed by atoms with van der Waals surface area (Å²) < 4.78 is 7.22. The molecule has 0 aliphatic carbocycles. The molecule has 140 valence electrons. The van der Waals surface area contributed by atoms with Crippen LogP contribution in [0, 0.1) is 12.8 Å². The predicted octanol–water partition coefficient (Wildman–Crippen LogP) is 3.20. The number of rotatable bonds is 6. The van der Waals surface area contributed by atoms with Gasteiger partial charge in [-0.15, -0.1) is 5.10 Å². The minimum absolute atomic E-state index is 0.108. The van der Waals surface area contributed by atoms with Crippen LogP contribution in [0.2, 0.25) is 0 Å². The van der Waals surface area contributed by atoms with E-state index in [9.17, 15) is 4.79 Å². The van der Waals surface area contributed by atoms with E-state index in [1.807, 2.05) is 36.9 Å². The maximum Gasteiger partial charge on any atom is 0.293 e. The number of benzene rings is 1. The first-order valence-electron chi connectivity index (χ1n) is 9.41. The van der Waals surface area contributed by atoms with Crippen LogP contribution < -0.4 is 0 Å². The Bertz CT molecular complexity index is 763. The van der Waals surface area contributed by atoms with E-state index in [4.69, 9.17) is 4.74 Å². The van der Waals surface area contributed by atoms with Crippen LogP contribution in [0.15, 0.2) is 24.3 Å². The fraction of sp³-hybridized carbons (Fsp3) is 0.550. The number of para-hydroxylation sites is 1. The van der Waals surface area contributed by atoms with Crippen molar-refractivity contribution in [3.63, 3.8) is 0 Å². The molecule has 1 atom stereocenters. The Morgan fingerprint density at radius 2 is 2.15 bits per heavy atom. The van der Waals surface area contributed by atoms with Crippen LogP contribution in [0.3, 0.4) is 0 Å². The fourth-order valence-corrected chi connectivity index (χ4v) is 3.41. The number of hydrogen-bond donors (Lipinski definition) is 0. The van der Waals surface area contributed by atoms with Crippen LogP contribution in [0.25, 0.3) is 5.69 Å². The van der Waals surface area contributed by atoms with E-state index in [1.165, 1.54) is 5.56 Å². The number of aromatic nitrogens is 3. The molecule has 2 aromatic rings. The average Bonchev–Trinajstić information content (AvgIpc) is 3.28. The van der Waals surface area contributed by atoms with Gasteiger partial charge in [0, 0.05) is 25.6 Å². The van der Waals surface area contributed by atoms with Crippen molar-refractivity contribution in [1.29, 1.82) is 0 Å². The molecule has 2 heterocycles. The number of carbonyl (C=O) groups is 1. The summed E-state index contributed by atoms with van der Waals surface area (Å²) in [5.74, 6) is 1.65. The van der Waals surface area contributed by atoms with Gasteiger partial charge in [-0.1, -0.05) is 32.0 Å². The van der Waals surface area contributed by atoms with Crippen molar-refractivity contribution in [3.05, 3.63) is 41.5 Å². The molecular weight excluding hydrogens is 328 g/mol. The average molecular weight is 356 g/mol. The van der Waals surface area contributed by atoms with Crippen LogP contribution in [-0.4, -0.2) is 51.9 Å². The standard InChI is InChI=1S/C20H28N4O2/c1-5-23(12-16-10-11-26-13-16)20(25)19-21-15(4)24(22-19)18-9-7-6-8-17(18)14(2)3/h6-9,14,16H,5,10-13H2,1-4H3. The van der Waals surface area contributed by atoms with Crippen LogP contribution in [0.1, 0.15) is 55.1 Å². The van der Waals surface area contributed by atoms with Gasteiger partial charge in [-0.25, -0.2) is 9.67 Å². The molecule has 6 heteroatoms. The second kappa shape index (κ2) is 7.99. The Hall–Kier alpha value is -2.21. The molecule has 0 N–H and O–H groups in total. The molecule has 1 unspecified atom stereocenters. The maximum absolute atomic E-state index is 12.9. The van der Waals surface area contributed by atoms with E-state index in [1.54, 1.807) is 4.68 Å². The van der Waals surface area contributed by atoms with E-state index in [-0.39, 0.29) is 11.7 Å². The molecule has 6 nitrogen and oxygen atoms in total. The topological polar surface area (TPSA) is 60.2 Å². The van der Waals surface area contributed by atoms with Gasteiger partial charge in [-0.3, -0.25) is 4.79 Å². The van der Waals surface area contributed by atoms with Crippen LogP contribution in [-0.2, 0) is 4.74 Å². The van der Waals surface area contributed by atoms with Gasteiger partial charge in [0.15, 0.2) is 0 Å². The molecule has 0 bridgehead atoms. The molecule has 1 aromatic carbocycles. The molecule has 26 heavy (non-hydrogen) atoms. The summed E-state index contributed by atoms with van der Waals surface area (Å²) in [6.07, 6.45) is 1.01. The summed E-state index contributed by atoms with van der Waals surface area (Å²) in [7, 11) is 0. The third kappa shape index (κ3) is 3.80. The van der Waals surface area contributed by atoms with Gasteiger partial charge in [-0.2, -0.15) is 0 Å². The lowest BCUT2D eigenvalue weighted by Crippen LogP contribution is -2.36. The number of ether oxygens (including phenoxy) is 1. The van der Waals surface area contributed by atoms with E-state index in [2.05, 4.69) is 30.0 Å². The van der Waals surface area contributed by atoms with Gasteiger partial charge in [0.2, 0.25) is 5.82 Å². The number of amides is 1. The summed E-state index contributed by atoms with van der Waals surface area (Å²) in [6, 6.07) is 8.14. The second-order valence-corrected chi connectivity index (χ2v) is 7.18. The minimum Gasteiger partial charge on any atom is -0.381 e. The van der Waals surface area contributed by atoms with Crippen molar-refractivity contribution in [2.45, 2.75) is 40.0 Å². The molecule has 1 aliphatic heterocycles. The number of carbonyl (C=O) groups excluding carboxylic acids is 1. The highest BCUT2D eigenvalue weighted by Gasteiger charge is 2.25. The minimum atomic E-state index is -0.108. The van der Waals surface area contributed by atoms with Crippen molar-refractivity contribution in [2.75, 3.05) is 26.3 Å². The first kappa shape index (κ1) is 18.6. The monoisotopic (exact) mass is 356 g/mol. The van der Waals surface area contributed by atoms with E-state index in [0.717, 1.165) is 31.1 Å². The Morgan fingerprint density at radius 1 is 1.38 bits per heavy atom. The highest BCUT2D eigenvalue weighted by Crippen LogP contribution is 2.23. The molecule has 0 radical (unpaired) electrons. The second-order valence-electron chi connectivity index (χ2n) is 7.18. The molecule has 1 saturated heterocycles. The number of aryl methyl sites for hydroxylation is 1. The summed E-state index contributed by atoms with van der Waals surface area (Å²) in [6.45, 7) is 11.0. The molecule has 0 spiro atoms. The summed E-state index contributed by atoms with van der Waals surface area (Å²) in [4.78, 5) is 19.2. The van der Waals surface area contributed by atoms with Gasteiger partial charge in [0.25, 0.3) is 5.91 Å². The third-order valence-corrected chi connectivity index (χ3v) is 4.92. The van der Waals surface area contributed by atoms with Gasteiger partial charge in [-0.05, 0) is 37.8 Å². The quantitative estimate of drug-likeness (QED) is 0.797. The van der Waals surface area contributed by atoms with Gasteiger partial charge >= 0.3 is 0 Å². The van der Waals surface area contributed by atoms with Crippen LogP contribution >= 0.6 is 0 Å². The van der Waals surface area contributed by atoms with Crippen LogP contribution in [0.5, 0.6) is 0 Å². The lowest BCUT2D eigenvalue weighted by atomic mass is 10.0. The fourth-order valence-electron chi connectivity index (χ4n) is 3.41. The van der Waals surface area contributed by atoms with Gasteiger partial charge in [0.1, 0.15) is 5.82 Å². The molecule has 0 saturated carbocycles. The molecular formula is C20H28N4O2. The van der Waals surface area contributed by atoms with Gasteiger partial charge < -0.3 is 9.64 Å². The molecule has 1 fully saturated rings. The van der Waals surface area contributed by atoms with E-state index in [0.29, 0.717) is 24.9 Å². The van der Waals surface area contributed by atoms with E-state index < -0.39 is 0 Å². The third-order valence-electron chi connectivity index (χ3n) is 4.92. The normalized spacial score (nSPS) is 17.0. The first-order valence-corrected chi connectivity index (χ1v) is 9.41. The van der Waals surface area contributed by atoms with Crippen molar-refractivity contribution in [3.8, 4) is 5.69 Å². The van der Waals surface area contributed by atoms with Crippen molar-refractivity contribution in [2.24, 2.45) is 5.92 Å². The zero-order chi connectivity index (χ0) is 18.7. The highest BCUT2D eigenvalue weighted by atomic mass is 16.5. The van der Waals surface area contributed by atoms with Gasteiger partial charge in [0.05, 0.1) is 12.3 Å². The molecule has 3 rings (SSSR count). The highest BCUT2D eigenvalue weighted by molar-refractivity contribution is 5.90. The molecule has 1 aliphatic rings. The predicted molar refractivity (Wildman–Crippen MR) is 101 cm³/mol. The Balaban J connectivity index is 1.86. The smallest absolute Gasteiger partial charge is 0.293 e. The Labute approximate surface area is 155 Å². The Kier molecular flexibility index (Phi) is 5.71. The first-order chi connectivity index (χ1) is 12.5. The number of hydrogen-bond acceptors (Lipinski definition) is 4. The zero-order valence-electron chi connectivity index (χ0n) is 16.1. The van der Waals surface area contributed by atoms with Crippen LogP contribution in [0.4, 0.5) is 0 Å². The lowest BCUT2D eigenvalue weighted by molar-refractivity contribution is 0.0718. The summed E-state index contributed by atoms with van der Waals surface area (Å²) in [5.41, 5.74) is 2.17. The molecule has 1 aromatic heterocycles. The SMILES string of the molecule is CCN(CC1CCOC1)C(=O)c1nc(C)n(-c2ccccc2C(C)C)n1. The lowest BCUT2D eigenvalue weighted by Gasteiger charge is -2.22. The summed E-state index contributed by atoms with van der Waals surface area (Å²) >= 11 is 0. The zero-order valence-corrected chi connectivity index (χ0v) is 16.1. The maximum atomic E-state index is 12.9. The largest absolute Gasteiger partial charge is 0.381 e. The number of nitrogens with zero attached hydrogens (tertiary/aromatic N) is 4. The van der Waals surface area contributed by atoms with Crippen molar-refractivity contribution >= 4 is 5.91 Å².